The number of non-ortho nitro benzene ring substituents is 1. The van der Waals surface area contributed by atoms with Crippen molar-refractivity contribution in [2.75, 3.05) is 5.32 Å². The Kier molecular flexibility index (Phi) is 5.99. The lowest BCUT2D eigenvalue weighted by Crippen LogP contribution is -2.23. The Balaban J connectivity index is 1.73. The van der Waals surface area contributed by atoms with E-state index in [1.165, 1.54) is 30.0 Å². The van der Waals surface area contributed by atoms with Gasteiger partial charge in [0.25, 0.3) is 5.69 Å². The molecule has 3 rings (SSSR count). The van der Waals surface area contributed by atoms with Gasteiger partial charge in [0, 0.05) is 42.3 Å². The topological polar surface area (TPSA) is 116 Å². The van der Waals surface area contributed by atoms with Gasteiger partial charge in [0.1, 0.15) is 0 Å². The first-order valence-electron chi connectivity index (χ1n) is 8.55. The van der Waals surface area contributed by atoms with Gasteiger partial charge < -0.3 is 9.88 Å². The fourth-order valence-corrected chi connectivity index (χ4v) is 3.44. The van der Waals surface area contributed by atoms with Gasteiger partial charge in [0.15, 0.2) is 11.0 Å². The number of carbonyl (C=O) groups excluding carboxylic acids is 1. The van der Waals surface area contributed by atoms with Gasteiger partial charge in [-0.25, -0.2) is 0 Å². The number of nitrogens with zero attached hydrogens (tertiary/aromatic N) is 5. The lowest BCUT2D eigenvalue weighted by Gasteiger charge is -2.12. The summed E-state index contributed by atoms with van der Waals surface area (Å²) in [5.41, 5.74) is 1.19. The van der Waals surface area contributed by atoms with Crippen LogP contribution in [-0.4, -0.2) is 35.8 Å². The van der Waals surface area contributed by atoms with Crippen LogP contribution in [0.1, 0.15) is 13.8 Å². The number of anilines is 1. The maximum Gasteiger partial charge on any atom is 0.271 e. The van der Waals surface area contributed by atoms with Gasteiger partial charge in [-0.3, -0.25) is 19.9 Å². The van der Waals surface area contributed by atoms with E-state index in [0.717, 1.165) is 5.56 Å². The number of nitro benzene ring substituents is 1. The van der Waals surface area contributed by atoms with E-state index in [9.17, 15) is 14.9 Å². The predicted octanol–water partition coefficient (Wildman–Crippen LogP) is 3.39. The molecule has 2 heterocycles. The van der Waals surface area contributed by atoms with Crippen molar-refractivity contribution < 1.29 is 9.72 Å². The summed E-state index contributed by atoms with van der Waals surface area (Å²) in [6.45, 7) is 4.37. The predicted molar refractivity (Wildman–Crippen MR) is 106 cm³/mol. The summed E-state index contributed by atoms with van der Waals surface area (Å²) in [6, 6.07) is 9.54. The lowest BCUT2D eigenvalue weighted by atomic mass is 10.2. The molecule has 9 nitrogen and oxygen atoms in total. The SMILES string of the molecule is CCn1c(SC(C)C(=O)Nc2cccc([N+](=O)[O-])c2)nnc1-c1ccncc1. The normalized spacial score (nSPS) is 11.8. The van der Waals surface area contributed by atoms with Gasteiger partial charge in [0.05, 0.1) is 10.2 Å². The Morgan fingerprint density at radius 1 is 1.29 bits per heavy atom. The van der Waals surface area contributed by atoms with E-state index in [1.807, 2.05) is 23.6 Å². The molecule has 1 aromatic carbocycles. The molecule has 3 aromatic rings. The number of nitro groups is 1. The number of nitrogens with one attached hydrogen (secondary N) is 1. The highest BCUT2D eigenvalue weighted by Crippen LogP contribution is 2.27. The minimum atomic E-state index is -0.502. The zero-order valence-electron chi connectivity index (χ0n) is 15.3. The third-order valence-corrected chi connectivity index (χ3v) is 5.03. The van der Waals surface area contributed by atoms with E-state index in [2.05, 4.69) is 20.5 Å². The van der Waals surface area contributed by atoms with Crippen LogP contribution < -0.4 is 5.32 Å². The van der Waals surface area contributed by atoms with Gasteiger partial charge in [-0.15, -0.1) is 10.2 Å². The summed E-state index contributed by atoms with van der Waals surface area (Å²) in [5.74, 6) is 0.431. The molecule has 0 spiro atoms. The Labute approximate surface area is 165 Å². The van der Waals surface area contributed by atoms with Crippen molar-refractivity contribution in [2.45, 2.75) is 30.8 Å². The number of amides is 1. The van der Waals surface area contributed by atoms with Crippen LogP contribution in [-0.2, 0) is 11.3 Å². The van der Waals surface area contributed by atoms with Crippen LogP contribution in [0.15, 0.2) is 53.9 Å². The number of thioether (sulfide) groups is 1. The fraction of sp³-hybridized carbons (Fsp3) is 0.222. The van der Waals surface area contributed by atoms with E-state index in [0.29, 0.717) is 23.2 Å². The van der Waals surface area contributed by atoms with Crippen LogP contribution in [0.4, 0.5) is 11.4 Å². The summed E-state index contributed by atoms with van der Waals surface area (Å²) in [4.78, 5) is 26.9. The molecular weight excluding hydrogens is 380 g/mol. The number of benzene rings is 1. The highest BCUT2D eigenvalue weighted by molar-refractivity contribution is 8.00. The van der Waals surface area contributed by atoms with E-state index < -0.39 is 10.2 Å². The molecular formula is C18H18N6O3S. The van der Waals surface area contributed by atoms with Crippen molar-refractivity contribution in [2.24, 2.45) is 0 Å². The Morgan fingerprint density at radius 2 is 2.04 bits per heavy atom. The number of aromatic nitrogens is 4. The third kappa shape index (κ3) is 4.34. The summed E-state index contributed by atoms with van der Waals surface area (Å²) < 4.78 is 1.93. The van der Waals surface area contributed by atoms with Crippen molar-refractivity contribution >= 4 is 29.0 Å². The van der Waals surface area contributed by atoms with Gasteiger partial charge in [-0.05, 0) is 32.0 Å². The summed E-state index contributed by atoms with van der Waals surface area (Å²) >= 11 is 1.28. The largest absolute Gasteiger partial charge is 0.325 e. The quantitative estimate of drug-likeness (QED) is 0.368. The standard InChI is InChI=1S/C18H18N6O3S/c1-3-23-16(13-7-9-19-10-8-13)21-22-18(23)28-12(2)17(25)20-14-5-4-6-15(11-14)24(26)27/h4-12H,3H2,1-2H3,(H,20,25). The van der Waals surface area contributed by atoms with Crippen LogP contribution in [0.2, 0.25) is 0 Å². The van der Waals surface area contributed by atoms with Crippen LogP contribution in [0.3, 0.4) is 0 Å². The zero-order chi connectivity index (χ0) is 20.1. The Bertz CT molecular complexity index is 992. The maximum absolute atomic E-state index is 12.5. The van der Waals surface area contributed by atoms with E-state index in [1.54, 1.807) is 25.4 Å². The second-order valence-electron chi connectivity index (χ2n) is 5.84. The Morgan fingerprint density at radius 3 is 2.71 bits per heavy atom. The van der Waals surface area contributed by atoms with Crippen LogP contribution >= 0.6 is 11.8 Å². The van der Waals surface area contributed by atoms with Crippen molar-refractivity contribution in [3.63, 3.8) is 0 Å². The summed E-state index contributed by atoms with van der Waals surface area (Å²) in [5, 5.41) is 22.2. The van der Waals surface area contributed by atoms with E-state index >= 15 is 0 Å². The minimum Gasteiger partial charge on any atom is -0.325 e. The molecule has 0 bridgehead atoms. The van der Waals surface area contributed by atoms with Crippen molar-refractivity contribution in [1.29, 1.82) is 0 Å². The number of pyridine rings is 1. The van der Waals surface area contributed by atoms with E-state index in [-0.39, 0.29) is 11.6 Å². The first kappa shape index (κ1) is 19.5. The molecule has 28 heavy (non-hydrogen) atoms. The highest BCUT2D eigenvalue weighted by atomic mass is 32.2. The smallest absolute Gasteiger partial charge is 0.271 e. The first-order valence-corrected chi connectivity index (χ1v) is 9.43. The third-order valence-electron chi connectivity index (χ3n) is 3.95. The molecule has 0 saturated heterocycles. The average molecular weight is 398 g/mol. The average Bonchev–Trinajstić information content (AvgIpc) is 3.11. The molecule has 0 saturated carbocycles. The number of carbonyl (C=O) groups is 1. The first-order chi connectivity index (χ1) is 13.5. The van der Waals surface area contributed by atoms with Crippen LogP contribution in [0.5, 0.6) is 0 Å². The number of hydrogen-bond acceptors (Lipinski definition) is 7. The molecule has 0 radical (unpaired) electrons. The minimum absolute atomic E-state index is 0.0779. The zero-order valence-corrected chi connectivity index (χ0v) is 16.1. The molecule has 10 heteroatoms. The van der Waals surface area contributed by atoms with Crippen molar-refractivity contribution in [1.82, 2.24) is 19.7 Å². The maximum atomic E-state index is 12.5. The van der Waals surface area contributed by atoms with Gasteiger partial charge in [0.2, 0.25) is 5.91 Å². The molecule has 1 atom stereocenters. The Hall–Kier alpha value is -3.27. The van der Waals surface area contributed by atoms with Crippen molar-refractivity contribution in [3.8, 4) is 11.4 Å². The summed E-state index contributed by atoms with van der Waals surface area (Å²) in [6.07, 6.45) is 3.37. The number of hydrogen-bond donors (Lipinski definition) is 1. The molecule has 1 unspecified atom stereocenters. The lowest BCUT2D eigenvalue weighted by molar-refractivity contribution is -0.384. The second kappa shape index (κ2) is 8.61. The monoisotopic (exact) mass is 398 g/mol. The summed E-state index contributed by atoms with van der Waals surface area (Å²) in [7, 11) is 0. The molecule has 1 N–H and O–H groups in total. The van der Waals surface area contributed by atoms with E-state index in [4.69, 9.17) is 0 Å². The molecule has 144 valence electrons. The van der Waals surface area contributed by atoms with Gasteiger partial charge in [-0.2, -0.15) is 0 Å². The molecule has 0 aliphatic rings. The van der Waals surface area contributed by atoms with Crippen molar-refractivity contribution in [3.05, 3.63) is 58.9 Å². The molecule has 0 aliphatic heterocycles. The highest BCUT2D eigenvalue weighted by Gasteiger charge is 2.21. The van der Waals surface area contributed by atoms with Gasteiger partial charge in [-0.1, -0.05) is 17.8 Å². The number of rotatable bonds is 7. The molecule has 0 fully saturated rings. The molecule has 2 aromatic heterocycles. The fourth-order valence-electron chi connectivity index (χ4n) is 2.53. The molecule has 1 amide bonds. The second-order valence-corrected chi connectivity index (χ2v) is 7.15. The van der Waals surface area contributed by atoms with Crippen LogP contribution in [0.25, 0.3) is 11.4 Å². The molecule has 0 aliphatic carbocycles. The van der Waals surface area contributed by atoms with Gasteiger partial charge >= 0.3 is 0 Å². The van der Waals surface area contributed by atoms with Crippen LogP contribution in [0, 0.1) is 10.1 Å².